The van der Waals surface area contributed by atoms with Crippen molar-refractivity contribution < 1.29 is 19.5 Å². The average molecular weight is 552 g/mol. The minimum absolute atomic E-state index is 0.0356. The van der Waals surface area contributed by atoms with E-state index >= 15 is 0 Å². The van der Waals surface area contributed by atoms with Gasteiger partial charge in [0.25, 0.3) is 11.5 Å². The predicted octanol–water partition coefficient (Wildman–Crippen LogP) is 3.86. The summed E-state index contributed by atoms with van der Waals surface area (Å²) < 4.78 is 1.82. The second-order valence-corrected chi connectivity index (χ2v) is 11.6. The van der Waals surface area contributed by atoms with Crippen molar-refractivity contribution in [1.29, 1.82) is 0 Å². The van der Waals surface area contributed by atoms with E-state index in [1.807, 2.05) is 28.8 Å². The van der Waals surface area contributed by atoms with E-state index in [1.165, 1.54) is 52.0 Å². The second-order valence-electron chi connectivity index (χ2n) is 11.6. The zero-order valence-corrected chi connectivity index (χ0v) is 23.6. The highest BCUT2D eigenvalue weighted by molar-refractivity contribution is 6.44. The lowest BCUT2D eigenvalue weighted by molar-refractivity contribution is -0.142. The minimum atomic E-state index is -1.24. The molecule has 0 radical (unpaired) electrons. The molecule has 3 heterocycles. The van der Waals surface area contributed by atoms with Crippen LogP contribution in [0.1, 0.15) is 89.3 Å². The van der Waals surface area contributed by atoms with E-state index in [1.54, 1.807) is 0 Å². The first-order valence-electron chi connectivity index (χ1n) is 14.8. The van der Waals surface area contributed by atoms with Crippen molar-refractivity contribution in [3.63, 3.8) is 0 Å². The number of hydrogen-bond donors (Lipinski definition) is 2. The molecule has 40 heavy (non-hydrogen) atoms. The van der Waals surface area contributed by atoms with Gasteiger partial charge in [0.1, 0.15) is 0 Å². The van der Waals surface area contributed by atoms with Crippen LogP contribution in [0.25, 0.3) is 11.0 Å². The average Bonchev–Trinajstić information content (AvgIpc) is 2.94. The third kappa shape index (κ3) is 5.77. The monoisotopic (exact) mass is 551 g/mol. The fourth-order valence-electron chi connectivity index (χ4n) is 7.53. The van der Waals surface area contributed by atoms with Gasteiger partial charge < -0.3 is 19.8 Å². The number of likely N-dealkylation sites (N-methyl/N-ethyl adjacent to an activating group) is 1. The number of carbonyl (C=O) groups excluding carboxylic acids is 1. The molecule has 0 spiro atoms. The van der Waals surface area contributed by atoms with Gasteiger partial charge in [-0.2, -0.15) is 0 Å². The number of rotatable bonds is 9. The van der Waals surface area contributed by atoms with E-state index < -0.39 is 24.0 Å². The van der Waals surface area contributed by atoms with Gasteiger partial charge in [-0.25, -0.2) is 9.78 Å². The summed E-state index contributed by atoms with van der Waals surface area (Å²) in [5, 5.41) is 15.2. The van der Waals surface area contributed by atoms with E-state index in [4.69, 9.17) is 9.94 Å². The molecule has 1 amide bonds. The van der Waals surface area contributed by atoms with E-state index in [0.717, 1.165) is 37.1 Å². The zero-order valence-electron chi connectivity index (χ0n) is 23.6. The zero-order chi connectivity index (χ0) is 28.2. The lowest BCUT2D eigenvalue weighted by Gasteiger charge is -2.54. The molecular formula is C30H41N5O5. The molecule has 1 aromatic carbocycles. The van der Waals surface area contributed by atoms with Crippen LogP contribution in [-0.2, 0) is 14.4 Å². The number of oxime groups is 1. The number of para-hydroxylation sites is 2. The van der Waals surface area contributed by atoms with Gasteiger partial charge in [-0.3, -0.25) is 14.5 Å². The molecule has 3 aliphatic rings. The maximum absolute atomic E-state index is 14.1. The number of amides is 1. The fraction of sp³-hybridized carbons (Fsp3) is 0.633. The van der Waals surface area contributed by atoms with Crippen molar-refractivity contribution in [3.05, 3.63) is 40.3 Å². The van der Waals surface area contributed by atoms with Crippen molar-refractivity contribution in [1.82, 2.24) is 19.8 Å². The first-order chi connectivity index (χ1) is 19.4. The van der Waals surface area contributed by atoms with Gasteiger partial charge in [0.2, 0.25) is 6.61 Å². The van der Waals surface area contributed by atoms with E-state index in [2.05, 4.69) is 27.3 Å². The molecule has 2 saturated heterocycles. The summed E-state index contributed by atoms with van der Waals surface area (Å²) >= 11 is 0. The molecule has 216 valence electrons. The van der Waals surface area contributed by atoms with Crippen LogP contribution in [0.15, 0.2) is 34.2 Å². The van der Waals surface area contributed by atoms with Gasteiger partial charge in [0.05, 0.1) is 11.0 Å². The molecule has 2 aliphatic heterocycles. The molecule has 10 heteroatoms. The van der Waals surface area contributed by atoms with Crippen LogP contribution in [0.4, 0.5) is 0 Å². The van der Waals surface area contributed by atoms with Crippen LogP contribution in [0.3, 0.4) is 0 Å². The predicted molar refractivity (Wildman–Crippen MR) is 152 cm³/mol. The Morgan fingerprint density at radius 2 is 1.73 bits per heavy atom. The third-order valence-electron chi connectivity index (χ3n) is 9.05. The topological polar surface area (TPSA) is 126 Å². The number of aromatic nitrogens is 2. The molecule has 5 rings (SSSR count). The largest absolute Gasteiger partial charge is 0.479 e. The summed E-state index contributed by atoms with van der Waals surface area (Å²) in [6.07, 6.45) is 13.0. The highest BCUT2D eigenvalue weighted by atomic mass is 16.6. The summed E-state index contributed by atoms with van der Waals surface area (Å²) in [6, 6.07) is 8.91. The van der Waals surface area contributed by atoms with Gasteiger partial charge >= 0.3 is 5.97 Å². The molecule has 2 bridgehead atoms. The lowest BCUT2D eigenvalue weighted by Crippen LogP contribution is -2.58. The number of nitrogens with one attached hydrogen (secondary N) is 1. The highest BCUT2D eigenvalue weighted by Crippen LogP contribution is 2.44. The maximum Gasteiger partial charge on any atom is 0.344 e. The van der Waals surface area contributed by atoms with Crippen LogP contribution in [0.5, 0.6) is 0 Å². The number of benzene rings is 1. The smallest absolute Gasteiger partial charge is 0.344 e. The van der Waals surface area contributed by atoms with Crippen molar-refractivity contribution in [3.8, 4) is 0 Å². The maximum atomic E-state index is 14.1. The molecule has 1 unspecified atom stereocenters. The number of carboxylic acids is 1. The Labute approximate surface area is 234 Å². The lowest BCUT2D eigenvalue weighted by atomic mass is 9.76. The molecule has 5 atom stereocenters. The van der Waals surface area contributed by atoms with Gasteiger partial charge in [-0.15, -0.1) is 0 Å². The van der Waals surface area contributed by atoms with Gasteiger partial charge in [-0.1, -0.05) is 56.3 Å². The number of hydrogen-bond acceptors (Lipinski definition) is 7. The summed E-state index contributed by atoms with van der Waals surface area (Å²) in [7, 11) is 1.42. The Morgan fingerprint density at radius 1 is 1.05 bits per heavy atom. The third-order valence-corrected chi connectivity index (χ3v) is 9.05. The second kappa shape index (κ2) is 12.5. The summed E-state index contributed by atoms with van der Waals surface area (Å²) in [4.78, 5) is 50.1. The van der Waals surface area contributed by atoms with Gasteiger partial charge in [-0.05, 0) is 56.6 Å². The Balaban J connectivity index is 1.51. The van der Waals surface area contributed by atoms with Gasteiger partial charge in [0.15, 0.2) is 11.4 Å². The van der Waals surface area contributed by atoms with E-state index in [0.29, 0.717) is 23.6 Å². The molecule has 1 saturated carbocycles. The summed E-state index contributed by atoms with van der Waals surface area (Å²) in [5.74, 6) is -1.08. The first-order valence-corrected chi connectivity index (χ1v) is 14.8. The number of fused-ring (bicyclic) bond motifs is 3. The standard InChI is InChI=1S/C30H41N5O5/c1-3-8-19-9-6-10-20(15-19)34-21-11-7-12-22(34)17-23(16-21)35-25-14-5-4-13-24(25)32-28(30(35)39)27(29(38)31-2)33-40-18-26(36)37/h4-5,13-14,19-23H,3,6-12,15-18H2,1-2H3,(H,31,38)(H,36,37)/b33-27-/t19?,20-,21-,22+,23+/m0/s1. The molecule has 1 aliphatic carbocycles. The Bertz CT molecular complexity index is 1310. The van der Waals surface area contributed by atoms with Crippen LogP contribution < -0.4 is 10.9 Å². The Hall–Kier alpha value is -3.27. The van der Waals surface area contributed by atoms with Crippen LogP contribution in [-0.4, -0.2) is 68.9 Å². The molecule has 1 aromatic heterocycles. The molecule has 2 aromatic rings. The molecule has 10 nitrogen and oxygen atoms in total. The molecular weight excluding hydrogens is 510 g/mol. The van der Waals surface area contributed by atoms with Crippen molar-refractivity contribution >= 4 is 28.6 Å². The number of aliphatic carboxylic acids is 1. The van der Waals surface area contributed by atoms with E-state index in [9.17, 15) is 14.4 Å². The number of nitrogens with zero attached hydrogens (tertiary/aromatic N) is 4. The first kappa shape index (κ1) is 28.3. The number of carbonyl (C=O) groups is 2. The van der Waals surface area contributed by atoms with Crippen LogP contribution in [0, 0.1) is 5.92 Å². The van der Waals surface area contributed by atoms with Crippen molar-refractivity contribution in [2.75, 3.05) is 13.7 Å². The van der Waals surface area contributed by atoms with Crippen molar-refractivity contribution in [2.24, 2.45) is 11.1 Å². The molecule has 3 fully saturated rings. The normalized spacial score (nSPS) is 27.4. The number of piperidine rings is 2. The summed E-state index contributed by atoms with van der Waals surface area (Å²) in [5.41, 5.74) is 0.448. The van der Waals surface area contributed by atoms with Crippen LogP contribution >= 0.6 is 0 Å². The Kier molecular flexibility index (Phi) is 8.83. The quantitative estimate of drug-likeness (QED) is 0.358. The SMILES string of the molecule is CCCC1CCC[C@H](N2[C@@H]3CCC[C@H]2C[C@@H](n2c(=O)c(/C(=N/OCC(=O)O)C(=O)NC)nc4ccccc42)C3)C1. The highest BCUT2D eigenvalue weighted by Gasteiger charge is 2.43. The molecule has 2 N–H and O–H groups in total. The Morgan fingerprint density at radius 3 is 2.40 bits per heavy atom. The number of carboxylic acid groups (broad SMARTS) is 1. The van der Waals surface area contributed by atoms with Gasteiger partial charge in [0, 0.05) is 31.2 Å². The summed E-state index contributed by atoms with van der Waals surface area (Å²) in [6.45, 7) is 1.55. The van der Waals surface area contributed by atoms with Crippen LogP contribution in [0.2, 0.25) is 0 Å². The van der Waals surface area contributed by atoms with Crippen molar-refractivity contribution in [2.45, 2.75) is 102 Å². The van der Waals surface area contributed by atoms with E-state index in [-0.39, 0.29) is 17.4 Å². The minimum Gasteiger partial charge on any atom is -0.479 e. The fourth-order valence-corrected chi connectivity index (χ4v) is 7.53.